The molecule has 149 heavy (non-hydrogen) atoms. The van der Waals surface area contributed by atoms with Crippen LogP contribution in [0.5, 0.6) is 17.2 Å². The van der Waals surface area contributed by atoms with Crippen LogP contribution in [-0.4, -0.2) is 123 Å². The minimum absolute atomic E-state index is 0.322. The number of aromatic nitrogens is 7. The Bertz CT molecular complexity index is 6230. The van der Waals surface area contributed by atoms with Crippen LogP contribution in [0, 0.1) is 0 Å². The molecular weight excluding hydrogens is 2090 g/mol. The number of hydrogen-bond donors (Lipinski definition) is 0. The van der Waals surface area contributed by atoms with E-state index < -0.39 is 42.4 Å². The summed E-state index contributed by atoms with van der Waals surface area (Å²) in [4.78, 5) is 4.45. The van der Waals surface area contributed by atoms with E-state index in [0.29, 0.717) is 92.4 Å². The Morgan fingerprint density at radius 2 is 0.537 bits per heavy atom. The quantitative estimate of drug-likeness (QED) is 0.0176. The first-order valence-corrected chi connectivity index (χ1v) is 53.9. The van der Waals surface area contributed by atoms with Crippen molar-refractivity contribution in [2.75, 3.05) is 117 Å². The molecule has 0 fully saturated rings. The third-order valence-corrected chi connectivity index (χ3v) is 22.7. The molecule has 0 unspecified atom stereocenters. The number of benzene rings is 9. The normalized spacial score (nSPS) is 15.2. The Hall–Kier alpha value is -12.5. The van der Waals surface area contributed by atoms with Crippen molar-refractivity contribution in [3.63, 3.8) is 0 Å². The maximum atomic E-state index is 9.87. The maximum absolute atomic E-state index is 10.7. The van der Waals surface area contributed by atoms with Crippen LogP contribution in [0.15, 0.2) is 323 Å². The van der Waals surface area contributed by atoms with Crippen LogP contribution < -0.4 is 42.3 Å². The van der Waals surface area contributed by atoms with Crippen molar-refractivity contribution in [2.24, 2.45) is 0 Å². The van der Waals surface area contributed by atoms with E-state index in [1.54, 1.807) is 18.9 Å². The predicted octanol–water partition coefficient (Wildman–Crippen LogP) is 29.3. The van der Waals surface area contributed by atoms with Crippen molar-refractivity contribution >= 4 is 54.0 Å². The molecule has 23 heterocycles. The van der Waals surface area contributed by atoms with Gasteiger partial charge in [0.05, 0.1) is 72.2 Å². The Labute approximate surface area is 841 Å². The largest absolute Gasteiger partial charge is 0.201 e. The Balaban J connectivity index is 0.000000236. The van der Waals surface area contributed by atoms with Gasteiger partial charge in [0, 0.05) is 151 Å². The van der Waals surface area contributed by atoms with Crippen molar-refractivity contribution in [1.29, 1.82) is 0 Å². The number of rotatable bonds is 31. The molecule has 18 aliphatic heterocycles. The maximum Gasteiger partial charge on any atom is 0.173 e. The summed E-state index contributed by atoms with van der Waals surface area (Å²) < 4.78 is 307. The van der Waals surface area contributed by atoms with Crippen LogP contribution >= 0.6 is 31.2 Å². The van der Waals surface area contributed by atoms with Crippen LogP contribution in [0.2, 0.25) is 0 Å². The first kappa shape index (κ1) is 115. The summed E-state index contributed by atoms with van der Waals surface area (Å²) in [5.41, 5.74) is 21.5. The topological polar surface area (TPSA) is 145 Å². The molecular formula is C102H105F24N9O10P4. The van der Waals surface area contributed by atoms with Crippen molar-refractivity contribution in [3.8, 4) is 39.5 Å². The van der Waals surface area contributed by atoms with E-state index in [1.807, 2.05) is 42.6 Å². The molecule has 9 aromatic carbocycles. The fourth-order valence-electron chi connectivity index (χ4n) is 16.3. The van der Waals surface area contributed by atoms with Gasteiger partial charge < -0.3 is 57.2 Å². The second kappa shape index (κ2) is 44.6. The summed E-state index contributed by atoms with van der Waals surface area (Å²) in [7, 11) is -34.9. The summed E-state index contributed by atoms with van der Waals surface area (Å²) in [5, 5.41) is 8.49. The van der Waals surface area contributed by atoms with E-state index >= 15 is 0 Å². The zero-order valence-corrected chi connectivity index (χ0v) is 83.8. The van der Waals surface area contributed by atoms with Crippen molar-refractivity contribution in [2.45, 2.75) is 63.4 Å². The number of nitrogens with zero attached hydrogens (tertiary/aromatic N) is 9. The number of halogens is 24. The Kier molecular flexibility index (Phi) is 34.4. The average molecular weight is 2200 g/mol. The van der Waals surface area contributed by atoms with Crippen LogP contribution in [0.25, 0.3) is 22.3 Å². The number of para-hydroxylation sites is 4. The van der Waals surface area contributed by atoms with Crippen LogP contribution in [0.3, 0.4) is 0 Å². The number of hydrogen-bond acceptors (Lipinski definition) is 14. The molecule has 806 valence electrons. The SMILES string of the molecule is COC1(c2ccc(OCCOCCOCCOCCCc3ccc(OCc4cn(CCOCCOCCOc5ccc(C6(OC)c7ccccc7N(C)c7ccccc76)cc5)nn4)cc3)cc2)c2ccccc2N(C)c2ccccc21.F[P-](F)(F)(F)(F)F.F[P-](F)(F)(F)(F)F.F[P-](F)(F)(F)(F)F.F[P-](F)(F)(F)(F)F.c1cc2ccc1C[n+]1ccc(cc1)-c1cc[n+](cc1)Cc1ccc(cc1)C[n+]1ccc(cc1)-c1cc[n+](cc1)C2. The molecule has 0 saturated carbocycles. The van der Waals surface area contributed by atoms with E-state index in [2.05, 4.69) is 333 Å². The molecule has 0 spiro atoms. The fourth-order valence-corrected chi connectivity index (χ4v) is 16.3. The Morgan fingerprint density at radius 1 is 0.289 bits per heavy atom. The molecule has 0 saturated heterocycles. The van der Waals surface area contributed by atoms with Gasteiger partial charge in [0.15, 0.2) is 75.8 Å². The van der Waals surface area contributed by atoms with Gasteiger partial charge in [-0.2, -0.15) is 0 Å². The number of methoxy groups -OCH3 is 2. The summed E-state index contributed by atoms with van der Waals surface area (Å²) in [6, 6.07) is 93.6. The van der Waals surface area contributed by atoms with Gasteiger partial charge in [-0.25, -0.2) is 23.0 Å². The first-order chi connectivity index (χ1) is 69.5. The average Bonchev–Trinajstić information content (AvgIpc) is 1.26. The minimum Gasteiger partial charge on any atom is -0.201 e. The minimum atomic E-state index is -10.7. The van der Waals surface area contributed by atoms with Crippen molar-refractivity contribution in [1.82, 2.24) is 15.0 Å². The second-order valence-corrected chi connectivity index (χ2v) is 41.9. The first-order valence-electron chi connectivity index (χ1n) is 45.8. The van der Waals surface area contributed by atoms with Crippen LogP contribution in [0.1, 0.15) is 73.3 Å². The van der Waals surface area contributed by atoms with Crippen molar-refractivity contribution in [3.05, 3.63) is 390 Å². The molecule has 47 heteroatoms. The van der Waals surface area contributed by atoms with Gasteiger partial charge in [0.2, 0.25) is 0 Å². The van der Waals surface area contributed by atoms with Gasteiger partial charge in [0.25, 0.3) is 0 Å². The number of pyridine rings is 4. The zero-order valence-electron chi connectivity index (χ0n) is 80.2. The van der Waals surface area contributed by atoms with Gasteiger partial charge in [-0.1, -0.05) is 163 Å². The van der Waals surface area contributed by atoms with E-state index in [1.165, 1.54) is 50.1 Å². The number of fused-ring (bicyclic) bond motifs is 4. The molecule has 0 amide bonds. The molecule has 19 nitrogen and oxygen atoms in total. The van der Waals surface area contributed by atoms with E-state index in [4.69, 9.17) is 47.4 Å². The fraction of sp³-hybridized carbons (Fsp3) is 0.255. The van der Waals surface area contributed by atoms with E-state index in [-0.39, 0.29) is 0 Å². The molecule has 0 atom stereocenters. The molecule has 0 N–H and O–H groups in total. The van der Waals surface area contributed by atoms with Crippen LogP contribution in [0.4, 0.5) is 123 Å². The third-order valence-electron chi connectivity index (χ3n) is 22.7. The molecule has 5 aromatic heterocycles. The smallest absolute Gasteiger partial charge is 0.173 e. The van der Waals surface area contributed by atoms with Gasteiger partial charge in [-0.15, -0.1) is 5.10 Å². The Morgan fingerprint density at radius 3 is 0.819 bits per heavy atom. The number of ether oxygens (including phenoxy) is 10. The predicted molar refractivity (Wildman–Crippen MR) is 521 cm³/mol. The number of aryl methyl sites for hydroxylation is 1. The van der Waals surface area contributed by atoms with Gasteiger partial charge in [-0.05, 0) is 112 Å². The molecule has 32 rings (SSSR count). The zero-order chi connectivity index (χ0) is 108. The third kappa shape index (κ3) is 40.1. The summed E-state index contributed by atoms with van der Waals surface area (Å²) in [5.74, 6) is 2.32. The molecule has 14 aromatic rings. The van der Waals surface area contributed by atoms with E-state index in [9.17, 15) is 101 Å². The summed E-state index contributed by atoms with van der Waals surface area (Å²) >= 11 is 0. The molecule has 0 radical (unpaired) electrons. The summed E-state index contributed by atoms with van der Waals surface area (Å²) in [6.07, 6.45) is 21.1. The second-order valence-electron chi connectivity index (χ2n) is 34.3. The van der Waals surface area contributed by atoms with Gasteiger partial charge in [0.1, 0.15) is 54.0 Å². The summed E-state index contributed by atoms with van der Waals surface area (Å²) in [6.45, 7) is 10.2. The van der Waals surface area contributed by atoms with Crippen molar-refractivity contribution < 1.29 is 166 Å². The standard InChI is InChI=1S/C66H73N5O10.C36H32N4.4F6P/c1-69-61-19-9-5-15-57(61)65(72-3,58-16-6-10-20-62(58)69)51-25-31-54(32-26-51)79-46-44-77-41-39-75-37-35-71-48-53(67-68-71)49-81-56-29-23-50(24-30-56)14-13-36-74-38-40-76-42-43-78-45-47-80-55-33-27-52(28-34-55)66(73-4)59-17-7-11-21-63(59)70(2)64-22-12-8-18-60(64)66;1-2-30-4-3-29(1)25-37-17-9-33(10-18-37)35-13-21-39(22-14-35)27-31-5-7-32(8-6-31)28-40-23-15-36(16-24-40)34-11-19-38(26-30)20-12-34;4*1-7(2,3,4,5)6/h5-12,15-34,48H,13-14,35-47,49H2,1-4H3;1-24H,25-28H2;;;;/q;+4;4*-1. The molecule has 18 aliphatic rings. The van der Waals surface area contributed by atoms with Gasteiger partial charge >= 0.3 is 132 Å². The van der Waals surface area contributed by atoms with E-state index in [0.717, 1.165) is 118 Å². The van der Waals surface area contributed by atoms with Crippen LogP contribution in [-0.2, 0) is 90.1 Å². The molecule has 12 bridgehead atoms. The van der Waals surface area contributed by atoms with Gasteiger partial charge in [-0.3, -0.25) is 0 Å². The molecule has 0 aliphatic carbocycles. The number of anilines is 4. The monoisotopic (exact) mass is 2200 g/mol.